The second kappa shape index (κ2) is 11.7. The van der Waals surface area contributed by atoms with Crippen LogP contribution in [0.2, 0.25) is 0 Å². The first-order chi connectivity index (χ1) is 23.8. The van der Waals surface area contributed by atoms with E-state index in [0.29, 0.717) is 0 Å². The number of aromatic nitrogens is 3. The molecule has 9 aromatic rings. The molecule has 0 spiro atoms. The van der Waals surface area contributed by atoms with Crippen LogP contribution in [0.25, 0.3) is 88.6 Å². The molecule has 2 heterocycles. The monoisotopic (exact) mass is 611 g/mol. The minimum atomic E-state index is 0.873. The predicted octanol–water partition coefficient (Wildman–Crippen LogP) is 11.7. The molecule has 3 heteroatoms. The molecule has 224 valence electrons. The zero-order chi connectivity index (χ0) is 31.9. The Morgan fingerprint density at radius 2 is 0.854 bits per heavy atom. The zero-order valence-electron chi connectivity index (χ0n) is 26.1. The van der Waals surface area contributed by atoms with Crippen molar-refractivity contribution in [2.75, 3.05) is 0 Å². The predicted molar refractivity (Wildman–Crippen MR) is 200 cm³/mol. The summed E-state index contributed by atoms with van der Waals surface area (Å²) in [5.74, 6) is 0. The minimum absolute atomic E-state index is 0.873. The van der Waals surface area contributed by atoms with Crippen LogP contribution < -0.4 is 0 Å². The van der Waals surface area contributed by atoms with Gasteiger partial charge in [-0.25, -0.2) is 9.97 Å². The molecule has 48 heavy (non-hydrogen) atoms. The molecule has 0 aliphatic carbocycles. The standard InChI is InChI=1S/C45H29N3/c1-2-10-30(11-3-1)31-19-23-33(24-20-31)44-45(48-42-18-7-6-17-41(42)47-44)34-25-21-32(22-26-34)35-12-8-13-36(28-35)40-29-37-14-9-27-46-43(37)39-16-5-4-15-38(39)40/h1-29H. The first-order valence-electron chi connectivity index (χ1n) is 16.2. The van der Waals surface area contributed by atoms with Gasteiger partial charge in [0.25, 0.3) is 0 Å². The van der Waals surface area contributed by atoms with E-state index in [0.717, 1.165) is 55.6 Å². The summed E-state index contributed by atoms with van der Waals surface area (Å²) in [4.78, 5) is 15.0. The van der Waals surface area contributed by atoms with Crippen LogP contribution in [0.4, 0.5) is 0 Å². The van der Waals surface area contributed by atoms with Crippen LogP contribution in [-0.2, 0) is 0 Å². The van der Waals surface area contributed by atoms with E-state index in [1.54, 1.807) is 0 Å². The Kier molecular flexibility index (Phi) is 6.80. The maximum atomic E-state index is 5.14. The highest BCUT2D eigenvalue weighted by Gasteiger charge is 2.15. The highest BCUT2D eigenvalue weighted by atomic mass is 14.8. The molecule has 0 aliphatic rings. The van der Waals surface area contributed by atoms with E-state index in [-0.39, 0.29) is 0 Å². The lowest BCUT2D eigenvalue weighted by molar-refractivity contribution is 1.29. The van der Waals surface area contributed by atoms with Gasteiger partial charge in [-0.15, -0.1) is 0 Å². The molecule has 0 amide bonds. The Bertz CT molecular complexity index is 2590. The van der Waals surface area contributed by atoms with Crippen molar-refractivity contribution >= 4 is 32.7 Å². The summed E-state index contributed by atoms with van der Waals surface area (Å²) in [5.41, 5.74) is 13.7. The molecular weight excluding hydrogens is 583 g/mol. The Hall–Kier alpha value is -6.45. The van der Waals surface area contributed by atoms with Crippen molar-refractivity contribution in [3.63, 3.8) is 0 Å². The lowest BCUT2D eigenvalue weighted by atomic mass is 9.93. The summed E-state index contributed by atoms with van der Waals surface area (Å²) in [6.45, 7) is 0. The van der Waals surface area contributed by atoms with Gasteiger partial charge >= 0.3 is 0 Å². The van der Waals surface area contributed by atoms with Gasteiger partial charge in [0.05, 0.1) is 27.9 Å². The maximum absolute atomic E-state index is 5.14. The normalized spacial score (nSPS) is 11.3. The van der Waals surface area contributed by atoms with Crippen molar-refractivity contribution < 1.29 is 0 Å². The average Bonchev–Trinajstić information content (AvgIpc) is 3.17. The molecule has 0 saturated heterocycles. The van der Waals surface area contributed by atoms with Gasteiger partial charge in [-0.2, -0.15) is 0 Å². The fourth-order valence-corrected chi connectivity index (χ4v) is 6.70. The summed E-state index contributed by atoms with van der Waals surface area (Å²) in [6, 6.07) is 59.6. The minimum Gasteiger partial charge on any atom is -0.256 e. The van der Waals surface area contributed by atoms with Crippen LogP contribution in [0.3, 0.4) is 0 Å². The van der Waals surface area contributed by atoms with E-state index in [9.17, 15) is 0 Å². The van der Waals surface area contributed by atoms with Gasteiger partial charge < -0.3 is 0 Å². The van der Waals surface area contributed by atoms with Crippen LogP contribution in [0.5, 0.6) is 0 Å². The third-order valence-corrected chi connectivity index (χ3v) is 9.11. The van der Waals surface area contributed by atoms with E-state index < -0.39 is 0 Å². The molecule has 3 nitrogen and oxygen atoms in total. The Morgan fingerprint density at radius 1 is 0.333 bits per heavy atom. The summed E-state index contributed by atoms with van der Waals surface area (Å²) in [7, 11) is 0. The van der Waals surface area contributed by atoms with Crippen molar-refractivity contribution in [3.05, 3.63) is 176 Å². The van der Waals surface area contributed by atoms with E-state index >= 15 is 0 Å². The highest BCUT2D eigenvalue weighted by molar-refractivity contribution is 6.12. The van der Waals surface area contributed by atoms with Crippen molar-refractivity contribution in [2.24, 2.45) is 0 Å². The number of rotatable bonds is 5. The van der Waals surface area contributed by atoms with Crippen LogP contribution in [-0.4, -0.2) is 15.0 Å². The van der Waals surface area contributed by atoms with Crippen molar-refractivity contribution in [3.8, 4) is 55.9 Å². The van der Waals surface area contributed by atoms with Gasteiger partial charge in [0.1, 0.15) is 0 Å². The first-order valence-corrected chi connectivity index (χ1v) is 16.2. The quantitative estimate of drug-likeness (QED) is 0.182. The summed E-state index contributed by atoms with van der Waals surface area (Å²) in [6.07, 6.45) is 1.87. The number of pyridine rings is 1. The molecule has 0 N–H and O–H groups in total. The topological polar surface area (TPSA) is 38.7 Å². The summed E-state index contributed by atoms with van der Waals surface area (Å²) >= 11 is 0. The molecular formula is C45H29N3. The average molecular weight is 612 g/mol. The Morgan fingerprint density at radius 3 is 1.54 bits per heavy atom. The molecule has 0 aliphatic heterocycles. The van der Waals surface area contributed by atoms with Gasteiger partial charge in [0.15, 0.2) is 0 Å². The van der Waals surface area contributed by atoms with Gasteiger partial charge in [0.2, 0.25) is 0 Å². The second-order valence-corrected chi connectivity index (χ2v) is 12.1. The first kappa shape index (κ1) is 27.8. The Balaban J connectivity index is 1.11. The number of fused-ring (bicyclic) bond motifs is 4. The summed E-state index contributed by atoms with van der Waals surface area (Å²) < 4.78 is 0. The molecule has 0 fully saturated rings. The number of para-hydroxylation sites is 2. The fourth-order valence-electron chi connectivity index (χ4n) is 6.70. The van der Waals surface area contributed by atoms with Gasteiger partial charge in [-0.05, 0) is 69.1 Å². The number of hydrogen-bond acceptors (Lipinski definition) is 3. The fraction of sp³-hybridized carbons (Fsp3) is 0. The SMILES string of the molecule is c1ccc(-c2ccc(-c3nc4ccccc4nc3-c3ccc(-c4cccc(-c5cc6cccnc6c6ccccc56)c4)cc3)cc2)cc1. The second-order valence-electron chi connectivity index (χ2n) is 12.1. The zero-order valence-corrected chi connectivity index (χ0v) is 26.1. The van der Waals surface area contributed by atoms with Crippen LogP contribution >= 0.6 is 0 Å². The van der Waals surface area contributed by atoms with Crippen molar-refractivity contribution in [2.45, 2.75) is 0 Å². The van der Waals surface area contributed by atoms with Crippen molar-refractivity contribution in [1.82, 2.24) is 15.0 Å². The molecule has 9 rings (SSSR count). The number of nitrogens with zero attached hydrogens (tertiary/aromatic N) is 3. The van der Waals surface area contributed by atoms with E-state index in [4.69, 9.17) is 15.0 Å². The molecule has 2 aromatic heterocycles. The van der Waals surface area contributed by atoms with E-state index in [2.05, 4.69) is 133 Å². The molecule has 0 atom stereocenters. The lowest BCUT2D eigenvalue weighted by Gasteiger charge is -2.13. The number of hydrogen-bond donors (Lipinski definition) is 0. The molecule has 0 unspecified atom stereocenters. The van der Waals surface area contributed by atoms with Crippen LogP contribution in [0.1, 0.15) is 0 Å². The smallest absolute Gasteiger partial charge is 0.0973 e. The van der Waals surface area contributed by atoms with Crippen molar-refractivity contribution in [1.29, 1.82) is 0 Å². The van der Waals surface area contributed by atoms with Crippen LogP contribution in [0.15, 0.2) is 176 Å². The summed E-state index contributed by atoms with van der Waals surface area (Å²) in [5, 5.41) is 3.51. The largest absolute Gasteiger partial charge is 0.256 e. The molecule has 0 saturated carbocycles. The molecule has 0 bridgehead atoms. The maximum Gasteiger partial charge on any atom is 0.0973 e. The lowest BCUT2D eigenvalue weighted by Crippen LogP contribution is -1.95. The van der Waals surface area contributed by atoms with E-state index in [1.165, 1.54) is 33.0 Å². The van der Waals surface area contributed by atoms with Gasteiger partial charge in [-0.3, -0.25) is 4.98 Å². The van der Waals surface area contributed by atoms with Crippen LogP contribution in [0, 0.1) is 0 Å². The van der Waals surface area contributed by atoms with Gasteiger partial charge in [-0.1, -0.05) is 140 Å². The Labute approximate surface area is 278 Å². The molecule has 0 radical (unpaired) electrons. The van der Waals surface area contributed by atoms with Gasteiger partial charge in [0, 0.05) is 28.1 Å². The van der Waals surface area contributed by atoms with E-state index in [1.807, 2.05) is 42.6 Å². The third kappa shape index (κ3) is 4.99. The highest BCUT2D eigenvalue weighted by Crippen LogP contribution is 2.37. The molecule has 7 aromatic carbocycles. The number of benzene rings is 7. The third-order valence-electron chi connectivity index (χ3n) is 9.11.